The number of carbonyl (C=O) groups is 1. The molecule has 0 aliphatic carbocycles. The van der Waals surface area contributed by atoms with Crippen molar-refractivity contribution >= 4 is 29.1 Å². The SMILES string of the molecule is Cc1nc(C=CC(=O)Nc2ccn(CCc3ccncc3)n2)cs1. The highest BCUT2D eigenvalue weighted by molar-refractivity contribution is 7.09. The number of nitrogens with one attached hydrogen (secondary N) is 1. The average molecular weight is 339 g/mol. The van der Waals surface area contributed by atoms with E-state index < -0.39 is 0 Å². The maximum Gasteiger partial charge on any atom is 0.249 e. The molecule has 0 saturated heterocycles. The van der Waals surface area contributed by atoms with Gasteiger partial charge in [0.25, 0.3) is 0 Å². The number of aryl methyl sites for hydroxylation is 3. The lowest BCUT2D eigenvalue weighted by Gasteiger charge is -2.01. The molecule has 122 valence electrons. The van der Waals surface area contributed by atoms with E-state index in [9.17, 15) is 4.79 Å². The summed E-state index contributed by atoms with van der Waals surface area (Å²) in [7, 11) is 0. The first-order chi connectivity index (χ1) is 11.7. The summed E-state index contributed by atoms with van der Waals surface area (Å²) in [4.78, 5) is 20.2. The minimum atomic E-state index is -0.222. The van der Waals surface area contributed by atoms with Gasteiger partial charge in [0.2, 0.25) is 5.91 Å². The first kappa shape index (κ1) is 16.1. The maximum absolute atomic E-state index is 11.9. The Balaban J connectivity index is 1.52. The van der Waals surface area contributed by atoms with Crippen LogP contribution in [0.2, 0.25) is 0 Å². The summed E-state index contributed by atoms with van der Waals surface area (Å²) in [5.74, 6) is 0.314. The quantitative estimate of drug-likeness (QED) is 0.701. The Morgan fingerprint density at radius 1 is 1.33 bits per heavy atom. The van der Waals surface area contributed by atoms with E-state index in [4.69, 9.17) is 0 Å². The standard InChI is InChI=1S/C17H17N5OS/c1-13-19-15(12-24-13)2-3-17(23)20-16-7-11-22(21-16)10-6-14-4-8-18-9-5-14/h2-5,7-9,11-12H,6,10H2,1H3,(H,20,21,23). The van der Waals surface area contributed by atoms with E-state index in [0.717, 1.165) is 23.7 Å². The van der Waals surface area contributed by atoms with Crippen LogP contribution in [-0.4, -0.2) is 25.7 Å². The van der Waals surface area contributed by atoms with E-state index >= 15 is 0 Å². The monoisotopic (exact) mass is 339 g/mol. The number of rotatable bonds is 6. The highest BCUT2D eigenvalue weighted by Crippen LogP contribution is 2.10. The number of pyridine rings is 1. The zero-order valence-electron chi connectivity index (χ0n) is 13.2. The molecule has 3 heterocycles. The number of aromatic nitrogens is 4. The molecule has 3 aromatic rings. The molecule has 0 fully saturated rings. The van der Waals surface area contributed by atoms with E-state index in [0.29, 0.717) is 5.82 Å². The predicted molar refractivity (Wildman–Crippen MR) is 94.7 cm³/mol. The number of hydrogen-bond acceptors (Lipinski definition) is 5. The summed E-state index contributed by atoms with van der Waals surface area (Å²) in [6.07, 6.45) is 9.43. The summed E-state index contributed by atoms with van der Waals surface area (Å²) < 4.78 is 1.81. The van der Waals surface area contributed by atoms with Gasteiger partial charge in [-0.2, -0.15) is 5.10 Å². The molecule has 0 aromatic carbocycles. The van der Waals surface area contributed by atoms with Crippen molar-refractivity contribution in [3.8, 4) is 0 Å². The van der Waals surface area contributed by atoms with Crippen molar-refractivity contribution < 1.29 is 4.79 Å². The van der Waals surface area contributed by atoms with Crippen LogP contribution in [0.15, 0.2) is 48.2 Å². The van der Waals surface area contributed by atoms with Gasteiger partial charge in [0.05, 0.1) is 10.7 Å². The molecule has 1 N–H and O–H groups in total. The third kappa shape index (κ3) is 4.60. The van der Waals surface area contributed by atoms with Crippen molar-refractivity contribution in [3.05, 3.63) is 64.5 Å². The maximum atomic E-state index is 11.9. The molecule has 6 nitrogen and oxygen atoms in total. The molecule has 0 unspecified atom stereocenters. The molecule has 0 spiro atoms. The highest BCUT2D eigenvalue weighted by atomic mass is 32.1. The highest BCUT2D eigenvalue weighted by Gasteiger charge is 2.03. The molecular weight excluding hydrogens is 322 g/mol. The Bertz CT molecular complexity index is 838. The Morgan fingerprint density at radius 2 is 2.17 bits per heavy atom. The minimum absolute atomic E-state index is 0.222. The van der Waals surface area contributed by atoms with Crippen LogP contribution in [0, 0.1) is 6.92 Å². The number of amides is 1. The number of thiazole rings is 1. The van der Waals surface area contributed by atoms with Crippen molar-refractivity contribution in [3.63, 3.8) is 0 Å². The molecule has 0 atom stereocenters. The van der Waals surface area contributed by atoms with Crippen LogP contribution in [0.5, 0.6) is 0 Å². The Labute approximate surface area is 143 Å². The lowest BCUT2D eigenvalue weighted by molar-refractivity contribution is -0.111. The Hall–Kier alpha value is -2.80. The normalized spacial score (nSPS) is 11.0. The summed E-state index contributed by atoms with van der Waals surface area (Å²) >= 11 is 1.55. The third-order valence-corrected chi connectivity index (χ3v) is 4.10. The summed E-state index contributed by atoms with van der Waals surface area (Å²) in [6, 6.07) is 5.75. The Kier molecular flexibility index (Phi) is 5.12. The minimum Gasteiger partial charge on any atom is -0.306 e. The van der Waals surface area contributed by atoms with Gasteiger partial charge < -0.3 is 5.32 Å². The molecule has 7 heteroatoms. The first-order valence-electron chi connectivity index (χ1n) is 7.52. The van der Waals surface area contributed by atoms with Crippen LogP contribution >= 0.6 is 11.3 Å². The second kappa shape index (κ2) is 7.65. The van der Waals surface area contributed by atoms with E-state index in [1.165, 1.54) is 11.6 Å². The summed E-state index contributed by atoms with van der Waals surface area (Å²) in [5, 5.41) is 9.98. The third-order valence-electron chi connectivity index (χ3n) is 3.31. The number of carbonyl (C=O) groups excluding carboxylic acids is 1. The molecule has 1 amide bonds. The lowest BCUT2D eigenvalue weighted by atomic mass is 10.2. The Morgan fingerprint density at radius 3 is 2.92 bits per heavy atom. The van der Waals surface area contributed by atoms with E-state index in [1.807, 2.05) is 35.3 Å². The molecule has 0 bridgehead atoms. The summed E-state index contributed by atoms with van der Waals surface area (Å²) in [6.45, 7) is 2.68. The fraction of sp³-hybridized carbons (Fsp3) is 0.176. The van der Waals surface area contributed by atoms with Crippen LogP contribution < -0.4 is 5.32 Å². The molecule has 3 rings (SSSR count). The second-order valence-electron chi connectivity index (χ2n) is 5.18. The van der Waals surface area contributed by atoms with Gasteiger partial charge in [-0.25, -0.2) is 4.98 Å². The largest absolute Gasteiger partial charge is 0.306 e. The first-order valence-corrected chi connectivity index (χ1v) is 8.40. The smallest absolute Gasteiger partial charge is 0.249 e. The van der Waals surface area contributed by atoms with Crippen LogP contribution in [0.25, 0.3) is 6.08 Å². The van der Waals surface area contributed by atoms with Crippen LogP contribution in [0.1, 0.15) is 16.3 Å². The van der Waals surface area contributed by atoms with Crippen molar-refractivity contribution in [2.24, 2.45) is 0 Å². The number of nitrogens with zero attached hydrogens (tertiary/aromatic N) is 4. The van der Waals surface area contributed by atoms with E-state index in [1.54, 1.807) is 35.9 Å². The number of hydrogen-bond donors (Lipinski definition) is 1. The molecular formula is C17H17N5OS. The fourth-order valence-electron chi connectivity index (χ4n) is 2.13. The van der Waals surface area contributed by atoms with Gasteiger partial charge in [0, 0.05) is 42.7 Å². The van der Waals surface area contributed by atoms with Crippen LogP contribution in [-0.2, 0) is 17.8 Å². The van der Waals surface area contributed by atoms with Crippen LogP contribution in [0.4, 0.5) is 5.82 Å². The average Bonchev–Trinajstić information content (AvgIpc) is 3.21. The zero-order chi connectivity index (χ0) is 16.8. The molecule has 0 saturated carbocycles. The molecule has 0 aliphatic rings. The number of anilines is 1. The molecule has 0 radical (unpaired) electrons. The zero-order valence-corrected chi connectivity index (χ0v) is 14.0. The van der Waals surface area contributed by atoms with Crippen LogP contribution in [0.3, 0.4) is 0 Å². The lowest BCUT2D eigenvalue weighted by Crippen LogP contribution is -2.09. The predicted octanol–water partition coefficient (Wildman–Crippen LogP) is 2.94. The van der Waals surface area contributed by atoms with Gasteiger partial charge in [-0.05, 0) is 37.1 Å². The van der Waals surface area contributed by atoms with Gasteiger partial charge in [-0.3, -0.25) is 14.5 Å². The molecule has 0 aliphatic heterocycles. The van der Waals surface area contributed by atoms with Gasteiger partial charge in [0.15, 0.2) is 5.82 Å². The fourth-order valence-corrected chi connectivity index (χ4v) is 2.71. The summed E-state index contributed by atoms with van der Waals surface area (Å²) in [5.41, 5.74) is 1.99. The van der Waals surface area contributed by atoms with E-state index in [-0.39, 0.29) is 5.91 Å². The van der Waals surface area contributed by atoms with E-state index in [2.05, 4.69) is 20.4 Å². The van der Waals surface area contributed by atoms with Crippen molar-refractivity contribution in [1.29, 1.82) is 0 Å². The van der Waals surface area contributed by atoms with Gasteiger partial charge in [0.1, 0.15) is 0 Å². The van der Waals surface area contributed by atoms with Crippen molar-refractivity contribution in [2.45, 2.75) is 19.9 Å². The molecule has 3 aromatic heterocycles. The van der Waals surface area contributed by atoms with Gasteiger partial charge in [-0.15, -0.1) is 11.3 Å². The van der Waals surface area contributed by atoms with Gasteiger partial charge in [-0.1, -0.05) is 0 Å². The van der Waals surface area contributed by atoms with Crippen molar-refractivity contribution in [2.75, 3.05) is 5.32 Å². The topological polar surface area (TPSA) is 72.7 Å². The van der Waals surface area contributed by atoms with Gasteiger partial charge >= 0.3 is 0 Å². The molecule has 24 heavy (non-hydrogen) atoms. The second-order valence-corrected chi connectivity index (χ2v) is 6.25. The van der Waals surface area contributed by atoms with Crippen molar-refractivity contribution in [1.82, 2.24) is 19.7 Å².